The minimum atomic E-state index is 0.406. The summed E-state index contributed by atoms with van der Waals surface area (Å²) < 4.78 is 0. The van der Waals surface area contributed by atoms with Crippen molar-refractivity contribution in [2.45, 2.75) is 27.2 Å². The molecule has 0 aliphatic heterocycles. The van der Waals surface area contributed by atoms with Crippen LogP contribution in [0.25, 0.3) is 0 Å². The first kappa shape index (κ1) is 7.59. The Bertz CT molecular complexity index is 172. The van der Waals surface area contributed by atoms with E-state index in [1.165, 1.54) is 12.0 Å². The predicted molar refractivity (Wildman–Crippen MR) is 45.8 cm³/mol. The van der Waals surface area contributed by atoms with Crippen LogP contribution in [-0.2, 0) is 0 Å². The number of allylic oxidation sites excluding steroid dienone is 3. The second-order valence-electron chi connectivity index (χ2n) is 4.00. The van der Waals surface area contributed by atoms with Gasteiger partial charge in [0.2, 0.25) is 0 Å². The van der Waals surface area contributed by atoms with Gasteiger partial charge in [-0.25, -0.2) is 0 Å². The van der Waals surface area contributed by atoms with Gasteiger partial charge in [-0.15, -0.1) is 0 Å². The fourth-order valence-electron chi connectivity index (χ4n) is 1.42. The van der Waals surface area contributed by atoms with Crippen molar-refractivity contribution in [3.63, 3.8) is 0 Å². The Morgan fingerprint density at radius 2 is 2.20 bits per heavy atom. The molecule has 0 amide bonds. The first-order valence-electron chi connectivity index (χ1n) is 3.86. The molecule has 1 aliphatic carbocycles. The zero-order valence-electron chi connectivity index (χ0n) is 7.15. The van der Waals surface area contributed by atoms with Crippen LogP contribution in [0.15, 0.2) is 24.3 Å². The predicted octanol–water partition coefficient (Wildman–Crippen LogP) is 3.16. The highest BCUT2D eigenvalue weighted by Crippen LogP contribution is 2.37. The van der Waals surface area contributed by atoms with Crippen LogP contribution in [0, 0.1) is 11.3 Å². The highest BCUT2D eigenvalue weighted by Gasteiger charge is 2.24. The summed E-state index contributed by atoms with van der Waals surface area (Å²) in [5.74, 6) is 0.634. The van der Waals surface area contributed by atoms with Crippen LogP contribution in [0.4, 0.5) is 0 Å². The van der Waals surface area contributed by atoms with Crippen molar-refractivity contribution in [2.75, 3.05) is 0 Å². The minimum Gasteiger partial charge on any atom is -0.0995 e. The van der Waals surface area contributed by atoms with Crippen LogP contribution in [0.5, 0.6) is 0 Å². The van der Waals surface area contributed by atoms with Crippen molar-refractivity contribution in [1.29, 1.82) is 0 Å². The molecule has 0 saturated heterocycles. The maximum absolute atomic E-state index is 3.95. The van der Waals surface area contributed by atoms with Gasteiger partial charge >= 0.3 is 0 Å². The van der Waals surface area contributed by atoms with Crippen molar-refractivity contribution in [1.82, 2.24) is 0 Å². The summed E-state index contributed by atoms with van der Waals surface area (Å²) in [7, 11) is 0. The van der Waals surface area contributed by atoms with Gasteiger partial charge in [0.15, 0.2) is 0 Å². The molecule has 0 N–H and O–H groups in total. The summed E-state index contributed by atoms with van der Waals surface area (Å²) in [5, 5.41) is 0. The highest BCUT2D eigenvalue weighted by molar-refractivity contribution is 5.16. The number of hydrogen-bond acceptors (Lipinski definition) is 0. The molecule has 1 rings (SSSR count). The molecule has 0 heterocycles. The summed E-state index contributed by atoms with van der Waals surface area (Å²) in [4.78, 5) is 0. The smallest absolute Gasteiger partial charge is 0.00205 e. The van der Waals surface area contributed by atoms with Crippen molar-refractivity contribution in [2.24, 2.45) is 11.3 Å². The first-order chi connectivity index (χ1) is 4.51. The van der Waals surface area contributed by atoms with E-state index in [-0.39, 0.29) is 0 Å². The molecule has 10 heavy (non-hydrogen) atoms. The van der Waals surface area contributed by atoms with Crippen molar-refractivity contribution >= 4 is 0 Å². The zero-order chi connectivity index (χ0) is 7.78. The van der Waals surface area contributed by atoms with Crippen molar-refractivity contribution in [3.05, 3.63) is 24.3 Å². The fourth-order valence-corrected chi connectivity index (χ4v) is 1.42. The SMILES string of the molecule is C=C(C)C1C=CC(C)(C)C1. The van der Waals surface area contributed by atoms with Gasteiger partial charge in [-0.3, -0.25) is 0 Å². The van der Waals surface area contributed by atoms with Gasteiger partial charge in [-0.2, -0.15) is 0 Å². The fraction of sp³-hybridized carbons (Fsp3) is 0.600. The molecular formula is C10H16. The topological polar surface area (TPSA) is 0 Å². The van der Waals surface area contributed by atoms with E-state index in [9.17, 15) is 0 Å². The Labute approximate surface area is 63.6 Å². The lowest BCUT2D eigenvalue weighted by atomic mass is 9.88. The van der Waals surface area contributed by atoms with Crippen molar-refractivity contribution in [3.8, 4) is 0 Å². The normalized spacial score (nSPS) is 28.9. The maximum Gasteiger partial charge on any atom is -0.00205 e. The summed E-state index contributed by atoms with van der Waals surface area (Å²) in [6, 6.07) is 0. The average molecular weight is 136 g/mol. The van der Waals surface area contributed by atoms with Gasteiger partial charge in [0.1, 0.15) is 0 Å². The second-order valence-corrected chi connectivity index (χ2v) is 4.00. The molecule has 0 radical (unpaired) electrons. The van der Waals surface area contributed by atoms with Gasteiger partial charge in [-0.05, 0) is 24.7 Å². The molecule has 56 valence electrons. The molecule has 0 heteroatoms. The third-order valence-corrected chi connectivity index (χ3v) is 2.16. The number of hydrogen-bond donors (Lipinski definition) is 0. The average Bonchev–Trinajstić information content (AvgIpc) is 2.10. The first-order valence-corrected chi connectivity index (χ1v) is 3.86. The highest BCUT2D eigenvalue weighted by atomic mass is 14.3. The van der Waals surface area contributed by atoms with Gasteiger partial charge in [0.05, 0.1) is 0 Å². The largest absolute Gasteiger partial charge is 0.0995 e. The monoisotopic (exact) mass is 136 g/mol. The molecule has 1 unspecified atom stereocenters. The zero-order valence-corrected chi connectivity index (χ0v) is 7.15. The molecule has 0 aromatic carbocycles. The third kappa shape index (κ3) is 1.50. The van der Waals surface area contributed by atoms with E-state index in [0.29, 0.717) is 11.3 Å². The molecule has 0 aromatic heterocycles. The van der Waals surface area contributed by atoms with Crippen LogP contribution in [-0.4, -0.2) is 0 Å². The molecule has 0 aromatic rings. The summed E-state index contributed by atoms with van der Waals surface area (Å²) in [6.07, 6.45) is 5.82. The standard InChI is InChI=1S/C10H16/c1-8(2)9-5-6-10(3,4)7-9/h5-6,9H,1,7H2,2-4H3. The number of rotatable bonds is 1. The lowest BCUT2D eigenvalue weighted by Crippen LogP contribution is -2.06. The molecule has 0 nitrogen and oxygen atoms in total. The maximum atomic E-state index is 3.95. The molecule has 0 spiro atoms. The van der Waals surface area contributed by atoms with Crippen LogP contribution in [0.3, 0.4) is 0 Å². The van der Waals surface area contributed by atoms with E-state index in [2.05, 4.69) is 39.5 Å². The van der Waals surface area contributed by atoms with Gasteiger partial charge < -0.3 is 0 Å². The van der Waals surface area contributed by atoms with Crippen LogP contribution in [0.1, 0.15) is 27.2 Å². The Hall–Kier alpha value is -0.520. The van der Waals surface area contributed by atoms with E-state index in [4.69, 9.17) is 0 Å². The van der Waals surface area contributed by atoms with Crippen LogP contribution >= 0.6 is 0 Å². The lowest BCUT2D eigenvalue weighted by molar-refractivity contribution is 0.432. The molecule has 0 bridgehead atoms. The van der Waals surface area contributed by atoms with E-state index >= 15 is 0 Å². The van der Waals surface area contributed by atoms with Gasteiger partial charge in [0, 0.05) is 0 Å². The quantitative estimate of drug-likeness (QED) is 0.486. The van der Waals surface area contributed by atoms with Crippen molar-refractivity contribution < 1.29 is 0 Å². The third-order valence-electron chi connectivity index (χ3n) is 2.16. The van der Waals surface area contributed by atoms with Crippen LogP contribution in [0.2, 0.25) is 0 Å². The Balaban J connectivity index is 2.62. The molecular weight excluding hydrogens is 120 g/mol. The Morgan fingerprint density at radius 1 is 1.60 bits per heavy atom. The lowest BCUT2D eigenvalue weighted by Gasteiger charge is -2.16. The minimum absolute atomic E-state index is 0.406. The molecule has 0 fully saturated rings. The summed E-state index contributed by atoms with van der Waals surface area (Å²) in [6.45, 7) is 10.6. The summed E-state index contributed by atoms with van der Waals surface area (Å²) in [5.41, 5.74) is 1.70. The van der Waals surface area contributed by atoms with Gasteiger partial charge in [0.25, 0.3) is 0 Å². The Morgan fingerprint density at radius 3 is 2.40 bits per heavy atom. The van der Waals surface area contributed by atoms with Gasteiger partial charge in [-0.1, -0.05) is 38.2 Å². The summed E-state index contributed by atoms with van der Waals surface area (Å²) >= 11 is 0. The van der Waals surface area contributed by atoms with E-state index < -0.39 is 0 Å². The second kappa shape index (κ2) is 2.26. The molecule has 0 saturated carbocycles. The Kier molecular flexibility index (Phi) is 1.72. The van der Waals surface area contributed by atoms with Crippen LogP contribution < -0.4 is 0 Å². The van der Waals surface area contributed by atoms with E-state index in [0.717, 1.165) is 0 Å². The van der Waals surface area contributed by atoms with E-state index in [1.807, 2.05) is 0 Å². The molecule has 1 atom stereocenters. The van der Waals surface area contributed by atoms with E-state index in [1.54, 1.807) is 0 Å². The molecule has 1 aliphatic rings.